The molecule has 0 unspecified atom stereocenters. The topological polar surface area (TPSA) is 40.6 Å². The van der Waals surface area contributed by atoms with E-state index in [1.165, 1.54) is 4.90 Å². The van der Waals surface area contributed by atoms with Gasteiger partial charge in [-0.15, -0.1) is 0 Å². The maximum Gasteiger partial charge on any atom is 0.282 e. The molecule has 4 nitrogen and oxygen atoms in total. The number of nitrogens with zero attached hydrogens (tertiary/aromatic N) is 2. The van der Waals surface area contributed by atoms with E-state index < -0.39 is 0 Å². The number of para-hydroxylation sites is 1. The van der Waals surface area contributed by atoms with Gasteiger partial charge in [0.2, 0.25) is 0 Å². The Kier molecular flexibility index (Phi) is 5.70. The maximum absolute atomic E-state index is 13.7. The first-order valence-corrected chi connectivity index (χ1v) is 10.9. The van der Waals surface area contributed by atoms with Crippen LogP contribution in [0, 0.1) is 13.8 Å². The number of carbonyl (C=O) groups is 2. The molecule has 1 aliphatic heterocycles. The number of aryl methyl sites for hydroxylation is 2. The molecule has 0 saturated heterocycles. The Balaban J connectivity index is 1.85. The number of amides is 2. The molecule has 0 aromatic heterocycles. The van der Waals surface area contributed by atoms with E-state index in [1.807, 2.05) is 98.6 Å². The van der Waals surface area contributed by atoms with Gasteiger partial charge >= 0.3 is 0 Å². The number of hydrogen-bond acceptors (Lipinski definition) is 3. The summed E-state index contributed by atoms with van der Waals surface area (Å²) in [6, 6.07) is 23.2. The second-order valence-corrected chi connectivity index (χ2v) is 8.61. The van der Waals surface area contributed by atoms with Gasteiger partial charge in [-0.25, -0.2) is 4.90 Å². The van der Waals surface area contributed by atoms with Crippen molar-refractivity contribution in [2.24, 2.45) is 0 Å². The third-order valence-electron chi connectivity index (χ3n) is 6.15. The molecule has 0 radical (unpaired) electrons. The van der Waals surface area contributed by atoms with Crippen LogP contribution in [0.2, 0.25) is 0 Å². The number of carbonyl (C=O) groups excluding carboxylic acids is 2. The van der Waals surface area contributed by atoms with Crippen LogP contribution in [-0.2, 0) is 9.59 Å². The highest BCUT2D eigenvalue weighted by molar-refractivity contribution is 6.46. The molecule has 4 heteroatoms. The van der Waals surface area contributed by atoms with E-state index in [9.17, 15) is 9.59 Å². The minimum absolute atomic E-state index is 0.298. The summed E-state index contributed by atoms with van der Waals surface area (Å²) in [7, 11) is 1.84. The zero-order chi connectivity index (χ0) is 23.0. The summed E-state index contributed by atoms with van der Waals surface area (Å²) >= 11 is 0. The van der Waals surface area contributed by atoms with Crippen LogP contribution < -0.4 is 9.80 Å². The zero-order valence-corrected chi connectivity index (χ0v) is 19.2. The fourth-order valence-corrected chi connectivity index (χ4v) is 4.01. The number of rotatable bonds is 5. The van der Waals surface area contributed by atoms with E-state index in [0.29, 0.717) is 22.9 Å². The first kappa shape index (κ1) is 21.6. The van der Waals surface area contributed by atoms with E-state index >= 15 is 0 Å². The van der Waals surface area contributed by atoms with E-state index in [4.69, 9.17) is 0 Å². The van der Waals surface area contributed by atoms with Crippen LogP contribution >= 0.6 is 0 Å². The lowest BCUT2D eigenvalue weighted by Crippen LogP contribution is -2.34. The number of benzene rings is 3. The lowest BCUT2D eigenvalue weighted by atomic mass is 9.99. The Morgan fingerprint density at radius 1 is 0.781 bits per heavy atom. The van der Waals surface area contributed by atoms with Gasteiger partial charge in [-0.1, -0.05) is 62.4 Å². The minimum atomic E-state index is -0.313. The van der Waals surface area contributed by atoms with E-state index in [0.717, 1.165) is 27.9 Å². The summed E-state index contributed by atoms with van der Waals surface area (Å²) in [6.07, 6.45) is 0. The summed E-state index contributed by atoms with van der Waals surface area (Å²) in [5.41, 5.74) is 6.39. The van der Waals surface area contributed by atoms with Crippen molar-refractivity contribution in [3.8, 4) is 0 Å². The van der Waals surface area contributed by atoms with Crippen molar-refractivity contribution in [2.45, 2.75) is 33.6 Å². The first-order valence-electron chi connectivity index (χ1n) is 10.9. The van der Waals surface area contributed by atoms with Crippen LogP contribution in [0.1, 0.15) is 42.0 Å². The molecular weight excluding hydrogens is 396 g/mol. The lowest BCUT2D eigenvalue weighted by Gasteiger charge is -2.22. The summed E-state index contributed by atoms with van der Waals surface area (Å²) in [5.74, 6) is -0.238. The first-order chi connectivity index (χ1) is 15.3. The van der Waals surface area contributed by atoms with Crippen molar-refractivity contribution in [1.29, 1.82) is 0 Å². The fourth-order valence-electron chi connectivity index (χ4n) is 4.01. The van der Waals surface area contributed by atoms with Gasteiger partial charge < -0.3 is 4.90 Å². The smallest absolute Gasteiger partial charge is 0.282 e. The summed E-state index contributed by atoms with van der Waals surface area (Å²) in [6.45, 7) is 8.29. The Bertz CT molecular complexity index is 1210. The standard InChI is InChI=1S/C28H28N2O2/c1-18(2)21-13-15-24(16-14-21)30-27(31)25(22-12-11-19(3)20(4)17-22)26(28(30)32)29(5)23-9-7-6-8-10-23/h6-18H,1-5H3. The molecule has 0 fully saturated rings. The molecule has 0 aliphatic carbocycles. The molecule has 0 N–H and O–H groups in total. The summed E-state index contributed by atoms with van der Waals surface area (Å²) in [4.78, 5) is 30.5. The third-order valence-corrected chi connectivity index (χ3v) is 6.15. The van der Waals surface area contributed by atoms with Gasteiger partial charge in [-0.05, 0) is 66.3 Å². The molecule has 162 valence electrons. The predicted octanol–water partition coefficient (Wildman–Crippen LogP) is 5.85. The van der Waals surface area contributed by atoms with Gasteiger partial charge in [0.1, 0.15) is 5.70 Å². The van der Waals surface area contributed by atoms with Crippen molar-refractivity contribution < 1.29 is 9.59 Å². The van der Waals surface area contributed by atoms with E-state index in [1.54, 1.807) is 0 Å². The zero-order valence-electron chi connectivity index (χ0n) is 19.2. The molecule has 32 heavy (non-hydrogen) atoms. The Hall–Kier alpha value is -3.66. The molecule has 2 amide bonds. The monoisotopic (exact) mass is 424 g/mol. The number of imide groups is 1. The van der Waals surface area contributed by atoms with Crippen LogP contribution in [0.3, 0.4) is 0 Å². The molecule has 3 aromatic carbocycles. The number of anilines is 2. The van der Waals surface area contributed by atoms with Crippen molar-refractivity contribution in [2.75, 3.05) is 16.8 Å². The van der Waals surface area contributed by atoms with Gasteiger partial charge in [-0.2, -0.15) is 0 Å². The minimum Gasteiger partial charge on any atom is -0.339 e. The van der Waals surface area contributed by atoms with Crippen LogP contribution in [0.15, 0.2) is 78.5 Å². The average molecular weight is 425 g/mol. The number of hydrogen-bond donors (Lipinski definition) is 0. The van der Waals surface area contributed by atoms with Crippen molar-refractivity contribution in [3.05, 3.63) is 101 Å². The van der Waals surface area contributed by atoms with Crippen LogP contribution in [0.4, 0.5) is 11.4 Å². The molecule has 4 rings (SSSR count). The molecule has 3 aromatic rings. The second kappa shape index (κ2) is 8.46. The quantitative estimate of drug-likeness (QED) is 0.483. The van der Waals surface area contributed by atoms with Gasteiger partial charge in [0.25, 0.3) is 11.8 Å². The van der Waals surface area contributed by atoms with Gasteiger partial charge in [0, 0.05) is 12.7 Å². The van der Waals surface area contributed by atoms with E-state index in [2.05, 4.69) is 13.8 Å². The Labute approximate surface area is 189 Å². The molecule has 0 spiro atoms. The number of likely N-dealkylation sites (N-methyl/N-ethyl adjacent to an activating group) is 1. The highest BCUT2D eigenvalue weighted by Gasteiger charge is 2.42. The van der Waals surface area contributed by atoms with Crippen LogP contribution in [0.25, 0.3) is 5.57 Å². The maximum atomic E-state index is 13.7. The Morgan fingerprint density at radius 2 is 1.44 bits per heavy atom. The Morgan fingerprint density at radius 3 is 2.03 bits per heavy atom. The van der Waals surface area contributed by atoms with Crippen LogP contribution in [-0.4, -0.2) is 18.9 Å². The molecule has 0 atom stereocenters. The van der Waals surface area contributed by atoms with Crippen molar-refractivity contribution in [3.63, 3.8) is 0 Å². The largest absolute Gasteiger partial charge is 0.339 e. The van der Waals surface area contributed by atoms with Crippen LogP contribution in [0.5, 0.6) is 0 Å². The fraction of sp³-hybridized carbons (Fsp3) is 0.214. The predicted molar refractivity (Wildman–Crippen MR) is 131 cm³/mol. The molecule has 0 bridgehead atoms. The molecule has 1 heterocycles. The molecule has 1 aliphatic rings. The van der Waals surface area contributed by atoms with Crippen molar-refractivity contribution in [1.82, 2.24) is 0 Å². The summed E-state index contributed by atoms with van der Waals surface area (Å²) < 4.78 is 0. The van der Waals surface area contributed by atoms with Crippen molar-refractivity contribution >= 4 is 28.8 Å². The van der Waals surface area contributed by atoms with E-state index in [-0.39, 0.29) is 11.8 Å². The second-order valence-electron chi connectivity index (χ2n) is 8.61. The lowest BCUT2D eigenvalue weighted by molar-refractivity contribution is -0.120. The molecular formula is C28H28N2O2. The van der Waals surface area contributed by atoms with Gasteiger partial charge in [0.15, 0.2) is 0 Å². The SMILES string of the molecule is Cc1ccc(C2=C(N(C)c3ccccc3)C(=O)N(c3ccc(C(C)C)cc3)C2=O)cc1C. The highest BCUT2D eigenvalue weighted by Crippen LogP contribution is 2.36. The van der Waals surface area contributed by atoms with Gasteiger partial charge in [-0.3, -0.25) is 9.59 Å². The average Bonchev–Trinajstić information content (AvgIpc) is 3.05. The van der Waals surface area contributed by atoms with Gasteiger partial charge in [0.05, 0.1) is 11.3 Å². The third kappa shape index (κ3) is 3.73. The highest BCUT2D eigenvalue weighted by atomic mass is 16.2. The molecule has 0 saturated carbocycles. The summed E-state index contributed by atoms with van der Waals surface area (Å²) in [5, 5.41) is 0. The normalized spacial score (nSPS) is 14.0.